The zero-order valence-corrected chi connectivity index (χ0v) is 15.5. The van der Waals surface area contributed by atoms with Crippen LogP contribution < -0.4 is 10.6 Å². The lowest BCUT2D eigenvalue weighted by Gasteiger charge is -2.22. The second kappa shape index (κ2) is 9.98. The lowest BCUT2D eigenvalue weighted by molar-refractivity contribution is -0.122. The summed E-state index contributed by atoms with van der Waals surface area (Å²) in [5.74, 6) is 0.261. The van der Waals surface area contributed by atoms with Gasteiger partial charge in [0.25, 0.3) is 0 Å². The Morgan fingerprint density at radius 3 is 1.86 bits per heavy atom. The van der Waals surface area contributed by atoms with E-state index in [4.69, 9.17) is 0 Å². The van der Waals surface area contributed by atoms with E-state index in [0.29, 0.717) is 26.1 Å². The monoisotopic (exact) mass is 312 g/mol. The molecule has 0 atom stereocenters. The van der Waals surface area contributed by atoms with E-state index in [-0.39, 0.29) is 22.5 Å². The maximum absolute atomic E-state index is 11.8. The number of ketones is 1. The van der Waals surface area contributed by atoms with Gasteiger partial charge in [-0.15, -0.1) is 0 Å². The van der Waals surface area contributed by atoms with E-state index in [0.717, 1.165) is 25.7 Å². The highest BCUT2D eigenvalue weighted by molar-refractivity contribution is 5.80. The van der Waals surface area contributed by atoms with Crippen molar-refractivity contribution in [3.8, 4) is 0 Å². The van der Waals surface area contributed by atoms with Crippen LogP contribution in [-0.2, 0) is 9.59 Å². The van der Waals surface area contributed by atoms with Gasteiger partial charge < -0.3 is 5.32 Å². The molecule has 0 aliphatic carbocycles. The smallest absolute Gasteiger partial charge is 0.221 e. The summed E-state index contributed by atoms with van der Waals surface area (Å²) in [6, 6.07) is 0. The van der Waals surface area contributed by atoms with Gasteiger partial charge in [-0.2, -0.15) is 0 Å². The standard InChI is InChI=1S/C18H36N2O2/c1-7-17(3,4)11-9-15(21)13-19-14-20-16(22)10-12-18(5,6)8-2/h19H,7-14H2,1-6H3,(H,20,22). The lowest BCUT2D eigenvalue weighted by atomic mass is 9.84. The maximum atomic E-state index is 11.8. The van der Waals surface area contributed by atoms with Crippen LogP contribution in [0, 0.1) is 10.8 Å². The molecular weight excluding hydrogens is 276 g/mol. The van der Waals surface area contributed by atoms with Crippen molar-refractivity contribution in [1.82, 2.24) is 10.6 Å². The Morgan fingerprint density at radius 2 is 1.36 bits per heavy atom. The molecule has 0 spiro atoms. The van der Waals surface area contributed by atoms with Crippen molar-refractivity contribution < 1.29 is 9.59 Å². The Hall–Kier alpha value is -0.900. The zero-order valence-electron chi connectivity index (χ0n) is 15.5. The van der Waals surface area contributed by atoms with Gasteiger partial charge in [0, 0.05) is 12.8 Å². The van der Waals surface area contributed by atoms with Gasteiger partial charge in [-0.3, -0.25) is 14.9 Å². The summed E-state index contributed by atoms with van der Waals surface area (Å²) in [6.07, 6.45) is 5.11. The van der Waals surface area contributed by atoms with E-state index in [1.165, 1.54) is 0 Å². The molecular formula is C18H36N2O2. The number of Topliss-reactive ketones (excluding diaryl/α,β-unsaturated/α-hetero) is 1. The zero-order chi connectivity index (χ0) is 17.2. The minimum atomic E-state index is 0.0496. The average molecular weight is 312 g/mol. The second-order valence-electron chi connectivity index (χ2n) is 7.78. The lowest BCUT2D eigenvalue weighted by Crippen LogP contribution is -2.36. The number of carbonyl (C=O) groups excluding carboxylic acids is 2. The predicted octanol–water partition coefficient (Wildman–Crippen LogP) is 3.65. The van der Waals surface area contributed by atoms with Crippen molar-refractivity contribution in [1.29, 1.82) is 0 Å². The molecule has 0 aromatic rings. The van der Waals surface area contributed by atoms with E-state index >= 15 is 0 Å². The highest BCUT2D eigenvalue weighted by atomic mass is 16.1. The third-order valence-electron chi connectivity index (χ3n) is 4.76. The molecule has 1 amide bonds. The third-order valence-corrected chi connectivity index (χ3v) is 4.76. The van der Waals surface area contributed by atoms with Gasteiger partial charge in [-0.05, 0) is 23.7 Å². The summed E-state index contributed by atoms with van der Waals surface area (Å²) in [5, 5.41) is 5.82. The van der Waals surface area contributed by atoms with Gasteiger partial charge in [0.2, 0.25) is 5.91 Å². The van der Waals surface area contributed by atoms with Gasteiger partial charge in [0.1, 0.15) is 5.78 Å². The first kappa shape index (κ1) is 21.1. The Kier molecular flexibility index (Phi) is 9.58. The van der Waals surface area contributed by atoms with E-state index < -0.39 is 0 Å². The van der Waals surface area contributed by atoms with Crippen molar-refractivity contribution in [3.05, 3.63) is 0 Å². The molecule has 0 unspecified atom stereocenters. The number of hydrogen-bond donors (Lipinski definition) is 2. The molecule has 0 aliphatic heterocycles. The molecule has 0 saturated carbocycles. The molecule has 0 radical (unpaired) electrons. The van der Waals surface area contributed by atoms with Gasteiger partial charge >= 0.3 is 0 Å². The van der Waals surface area contributed by atoms with E-state index in [2.05, 4.69) is 52.2 Å². The summed E-state index contributed by atoms with van der Waals surface area (Å²) in [7, 11) is 0. The van der Waals surface area contributed by atoms with Gasteiger partial charge in [0.05, 0.1) is 13.2 Å². The first-order valence-corrected chi connectivity index (χ1v) is 8.61. The number of nitrogens with one attached hydrogen (secondary N) is 2. The number of hydrogen-bond acceptors (Lipinski definition) is 3. The van der Waals surface area contributed by atoms with Crippen LogP contribution in [0.3, 0.4) is 0 Å². The van der Waals surface area contributed by atoms with Crippen LogP contribution >= 0.6 is 0 Å². The normalized spacial score (nSPS) is 12.3. The number of carbonyl (C=O) groups is 2. The van der Waals surface area contributed by atoms with Crippen molar-refractivity contribution in [2.45, 2.75) is 80.1 Å². The van der Waals surface area contributed by atoms with Crippen LogP contribution in [0.4, 0.5) is 0 Å². The first-order chi connectivity index (χ1) is 10.1. The SMILES string of the molecule is CCC(C)(C)CCC(=O)CNCNC(=O)CCC(C)(C)CC. The molecule has 0 saturated heterocycles. The average Bonchev–Trinajstić information content (AvgIpc) is 2.47. The van der Waals surface area contributed by atoms with Crippen LogP contribution in [0.1, 0.15) is 80.1 Å². The number of rotatable bonds is 12. The Balaban J connectivity index is 3.72. The molecule has 2 N–H and O–H groups in total. The third kappa shape index (κ3) is 10.8. The summed E-state index contributed by atoms with van der Waals surface area (Å²) in [4.78, 5) is 23.5. The summed E-state index contributed by atoms with van der Waals surface area (Å²) < 4.78 is 0. The fourth-order valence-corrected chi connectivity index (χ4v) is 1.82. The molecule has 0 aromatic carbocycles. The largest absolute Gasteiger partial charge is 0.344 e. The quantitative estimate of drug-likeness (QED) is 0.427. The summed E-state index contributed by atoms with van der Waals surface area (Å²) in [6.45, 7) is 13.7. The van der Waals surface area contributed by atoms with Crippen LogP contribution in [0.25, 0.3) is 0 Å². The van der Waals surface area contributed by atoms with Crippen LogP contribution in [-0.4, -0.2) is 24.9 Å². The van der Waals surface area contributed by atoms with Gasteiger partial charge in [-0.25, -0.2) is 0 Å². The highest BCUT2D eigenvalue weighted by Crippen LogP contribution is 2.26. The van der Waals surface area contributed by atoms with Crippen LogP contribution in [0.15, 0.2) is 0 Å². The molecule has 22 heavy (non-hydrogen) atoms. The predicted molar refractivity (Wildman–Crippen MR) is 92.6 cm³/mol. The molecule has 0 fully saturated rings. The molecule has 0 bridgehead atoms. The number of amides is 1. The minimum absolute atomic E-state index is 0.0496. The fourth-order valence-electron chi connectivity index (χ4n) is 1.82. The fraction of sp³-hybridized carbons (Fsp3) is 0.889. The first-order valence-electron chi connectivity index (χ1n) is 8.61. The molecule has 130 valence electrons. The summed E-state index contributed by atoms with van der Waals surface area (Å²) in [5.41, 5.74) is 0.447. The molecule has 4 heteroatoms. The van der Waals surface area contributed by atoms with Gasteiger partial charge in [-0.1, -0.05) is 54.4 Å². The van der Waals surface area contributed by atoms with Crippen molar-refractivity contribution in [3.63, 3.8) is 0 Å². The Bertz CT molecular complexity index is 315. The van der Waals surface area contributed by atoms with Crippen LogP contribution in [0.2, 0.25) is 0 Å². The molecule has 0 aromatic heterocycles. The maximum Gasteiger partial charge on any atom is 0.221 e. The molecule has 0 rings (SSSR count). The highest BCUT2D eigenvalue weighted by Gasteiger charge is 2.17. The van der Waals surface area contributed by atoms with Crippen LogP contribution in [0.5, 0.6) is 0 Å². The second-order valence-corrected chi connectivity index (χ2v) is 7.78. The van der Waals surface area contributed by atoms with Gasteiger partial charge in [0.15, 0.2) is 0 Å². The van der Waals surface area contributed by atoms with E-state index in [1.54, 1.807) is 0 Å². The van der Waals surface area contributed by atoms with E-state index in [9.17, 15) is 9.59 Å². The Labute approximate surface area is 136 Å². The molecule has 0 aliphatic rings. The van der Waals surface area contributed by atoms with E-state index in [1.807, 2.05) is 0 Å². The van der Waals surface area contributed by atoms with Crippen molar-refractivity contribution in [2.24, 2.45) is 10.8 Å². The van der Waals surface area contributed by atoms with Crippen molar-refractivity contribution >= 4 is 11.7 Å². The molecule has 0 heterocycles. The topological polar surface area (TPSA) is 58.2 Å². The van der Waals surface area contributed by atoms with Crippen molar-refractivity contribution in [2.75, 3.05) is 13.2 Å². The minimum Gasteiger partial charge on any atom is -0.344 e. The Morgan fingerprint density at radius 1 is 0.864 bits per heavy atom. The molecule has 4 nitrogen and oxygen atoms in total. The summed E-state index contributed by atoms with van der Waals surface area (Å²) >= 11 is 0.